The molecule has 2 N–H and O–H groups in total. The largest absolute Gasteiger partial charge is 0.396 e. The third kappa shape index (κ3) is 1.42. The summed E-state index contributed by atoms with van der Waals surface area (Å²) < 4.78 is 37.3. The SMILES string of the molecule is Nc1cc(I)c(F)c(F)c1F. The van der Waals surface area contributed by atoms with Gasteiger partial charge in [0.1, 0.15) is 0 Å². The van der Waals surface area contributed by atoms with Gasteiger partial charge in [0.2, 0.25) is 0 Å². The van der Waals surface area contributed by atoms with E-state index in [2.05, 4.69) is 0 Å². The number of hydrogen-bond acceptors (Lipinski definition) is 1. The van der Waals surface area contributed by atoms with E-state index in [9.17, 15) is 13.2 Å². The Bertz CT molecular complexity index is 274. The van der Waals surface area contributed by atoms with E-state index in [4.69, 9.17) is 5.73 Å². The van der Waals surface area contributed by atoms with Crippen molar-refractivity contribution < 1.29 is 13.2 Å². The van der Waals surface area contributed by atoms with E-state index in [1.165, 1.54) is 22.6 Å². The minimum absolute atomic E-state index is 0.0287. The molecule has 60 valence electrons. The summed E-state index contributed by atoms with van der Waals surface area (Å²) in [5.41, 5.74) is 4.62. The molecule has 0 atom stereocenters. The topological polar surface area (TPSA) is 26.0 Å². The molecule has 11 heavy (non-hydrogen) atoms. The molecule has 0 amide bonds. The zero-order chi connectivity index (χ0) is 8.59. The summed E-state index contributed by atoms with van der Waals surface area (Å²) in [4.78, 5) is 0. The van der Waals surface area contributed by atoms with E-state index >= 15 is 0 Å². The lowest BCUT2D eigenvalue weighted by Gasteiger charge is -2.00. The van der Waals surface area contributed by atoms with E-state index < -0.39 is 17.5 Å². The predicted octanol–water partition coefficient (Wildman–Crippen LogP) is 2.29. The molecular formula is C6H3F3IN. The van der Waals surface area contributed by atoms with Gasteiger partial charge in [-0.1, -0.05) is 0 Å². The van der Waals surface area contributed by atoms with E-state index in [0.29, 0.717) is 0 Å². The summed E-state index contributed by atoms with van der Waals surface area (Å²) in [5, 5.41) is 0. The van der Waals surface area contributed by atoms with Crippen LogP contribution in [0.3, 0.4) is 0 Å². The average molecular weight is 273 g/mol. The molecule has 0 aliphatic carbocycles. The Morgan fingerprint density at radius 3 is 2.18 bits per heavy atom. The second-order valence-electron chi connectivity index (χ2n) is 1.89. The lowest BCUT2D eigenvalue weighted by Crippen LogP contribution is -1.99. The Balaban J connectivity index is 3.46. The maximum absolute atomic E-state index is 12.5. The van der Waals surface area contributed by atoms with Gasteiger partial charge in [-0.2, -0.15) is 0 Å². The smallest absolute Gasteiger partial charge is 0.197 e. The lowest BCUT2D eigenvalue weighted by atomic mass is 10.3. The molecule has 0 saturated heterocycles. The molecule has 0 unspecified atom stereocenters. The van der Waals surface area contributed by atoms with Gasteiger partial charge in [0.05, 0.1) is 9.26 Å². The van der Waals surface area contributed by atoms with Gasteiger partial charge in [-0.25, -0.2) is 13.2 Å². The van der Waals surface area contributed by atoms with Crippen LogP contribution >= 0.6 is 22.6 Å². The van der Waals surface area contributed by atoms with Crippen molar-refractivity contribution in [1.82, 2.24) is 0 Å². The molecule has 0 aliphatic rings. The standard InChI is InChI=1S/C6H3F3IN/c7-4-2(10)1-3(11)5(8)6(4)9/h1H,11H2. The van der Waals surface area contributed by atoms with Crippen LogP contribution in [0.5, 0.6) is 0 Å². The van der Waals surface area contributed by atoms with Gasteiger partial charge in [-0.05, 0) is 28.7 Å². The zero-order valence-electron chi connectivity index (χ0n) is 5.17. The average Bonchev–Trinajstić information content (AvgIpc) is 1.97. The highest BCUT2D eigenvalue weighted by Gasteiger charge is 2.14. The Morgan fingerprint density at radius 1 is 1.09 bits per heavy atom. The molecular weight excluding hydrogens is 270 g/mol. The summed E-state index contributed by atoms with van der Waals surface area (Å²) in [7, 11) is 0. The van der Waals surface area contributed by atoms with Crippen LogP contribution < -0.4 is 5.73 Å². The van der Waals surface area contributed by atoms with E-state index in [0.717, 1.165) is 6.07 Å². The maximum Gasteiger partial charge on any atom is 0.197 e. The minimum atomic E-state index is -1.52. The van der Waals surface area contributed by atoms with Crippen molar-refractivity contribution in [2.24, 2.45) is 0 Å². The number of nitrogens with two attached hydrogens (primary N) is 1. The number of halogens is 4. The van der Waals surface area contributed by atoms with Gasteiger partial charge in [-0.3, -0.25) is 0 Å². The molecule has 0 bridgehead atoms. The zero-order valence-corrected chi connectivity index (χ0v) is 7.32. The molecule has 1 nitrogen and oxygen atoms in total. The molecule has 0 saturated carbocycles. The van der Waals surface area contributed by atoms with Gasteiger partial charge >= 0.3 is 0 Å². The highest BCUT2D eigenvalue weighted by Crippen LogP contribution is 2.21. The third-order valence-corrected chi connectivity index (χ3v) is 1.92. The molecule has 0 aliphatic heterocycles. The first-order chi connectivity index (χ1) is 5.04. The van der Waals surface area contributed by atoms with Crippen LogP contribution in [0.15, 0.2) is 6.07 Å². The van der Waals surface area contributed by atoms with Crippen LogP contribution in [-0.4, -0.2) is 0 Å². The number of benzene rings is 1. The van der Waals surface area contributed by atoms with Crippen molar-refractivity contribution in [2.45, 2.75) is 0 Å². The summed E-state index contributed by atoms with van der Waals surface area (Å²) in [5.74, 6) is -4.05. The van der Waals surface area contributed by atoms with E-state index in [1.54, 1.807) is 0 Å². The predicted molar refractivity (Wildman–Crippen MR) is 43.4 cm³/mol. The Hall–Kier alpha value is -0.460. The van der Waals surface area contributed by atoms with Crippen LogP contribution in [0.4, 0.5) is 18.9 Å². The fourth-order valence-corrected chi connectivity index (χ4v) is 1.16. The molecule has 0 radical (unpaired) electrons. The first-order valence-corrected chi connectivity index (χ1v) is 3.70. The fourth-order valence-electron chi connectivity index (χ4n) is 0.591. The van der Waals surface area contributed by atoms with Crippen LogP contribution in [0.1, 0.15) is 0 Å². The van der Waals surface area contributed by atoms with Crippen LogP contribution in [-0.2, 0) is 0 Å². The first-order valence-electron chi connectivity index (χ1n) is 2.62. The van der Waals surface area contributed by atoms with Gasteiger partial charge < -0.3 is 5.73 Å². The number of anilines is 1. The molecule has 5 heteroatoms. The molecule has 1 rings (SSSR count). The van der Waals surface area contributed by atoms with Crippen LogP contribution in [0.25, 0.3) is 0 Å². The third-order valence-electron chi connectivity index (χ3n) is 1.13. The monoisotopic (exact) mass is 273 g/mol. The highest BCUT2D eigenvalue weighted by atomic mass is 127. The van der Waals surface area contributed by atoms with Crippen molar-refractivity contribution in [3.05, 3.63) is 27.1 Å². The summed E-state index contributed by atoms with van der Waals surface area (Å²) in [6, 6.07) is 1.04. The van der Waals surface area contributed by atoms with Crippen LogP contribution in [0.2, 0.25) is 0 Å². The second-order valence-corrected chi connectivity index (χ2v) is 3.05. The Labute approximate surface area is 74.5 Å². The number of rotatable bonds is 0. The molecule has 1 aromatic rings. The van der Waals surface area contributed by atoms with Gasteiger partial charge in [0, 0.05) is 0 Å². The first kappa shape index (κ1) is 8.63. The molecule has 0 heterocycles. The van der Waals surface area contributed by atoms with E-state index in [1.807, 2.05) is 0 Å². The molecule has 0 aromatic heterocycles. The Morgan fingerprint density at radius 2 is 1.64 bits per heavy atom. The van der Waals surface area contributed by atoms with Crippen molar-refractivity contribution in [2.75, 3.05) is 5.73 Å². The number of nitrogen functional groups attached to an aromatic ring is 1. The van der Waals surface area contributed by atoms with Gasteiger partial charge in [0.25, 0.3) is 0 Å². The van der Waals surface area contributed by atoms with Crippen molar-refractivity contribution >= 4 is 28.3 Å². The summed E-state index contributed by atoms with van der Waals surface area (Å²) in [6.45, 7) is 0. The van der Waals surface area contributed by atoms with Gasteiger partial charge in [0.15, 0.2) is 17.5 Å². The molecule has 1 aromatic carbocycles. The van der Waals surface area contributed by atoms with Crippen molar-refractivity contribution in [3.63, 3.8) is 0 Å². The summed E-state index contributed by atoms with van der Waals surface area (Å²) >= 11 is 1.53. The highest BCUT2D eigenvalue weighted by molar-refractivity contribution is 14.1. The van der Waals surface area contributed by atoms with Crippen LogP contribution in [0, 0.1) is 21.0 Å². The van der Waals surface area contributed by atoms with Crippen molar-refractivity contribution in [3.8, 4) is 0 Å². The second kappa shape index (κ2) is 2.88. The Kier molecular flexibility index (Phi) is 2.26. The number of hydrogen-bond donors (Lipinski definition) is 1. The molecule has 0 spiro atoms. The lowest BCUT2D eigenvalue weighted by molar-refractivity contribution is 0.446. The fraction of sp³-hybridized carbons (Fsp3) is 0. The quantitative estimate of drug-likeness (QED) is 0.334. The minimum Gasteiger partial charge on any atom is -0.396 e. The summed E-state index contributed by atoms with van der Waals surface area (Å²) in [6.07, 6.45) is 0. The maximum atomic E-state index is 12.5. The normalized spacial score (nSPS) is 10.2. The van der Waals surface area contributed by atoms with Gasteiger partial charge in [-0.15, -0.1) is 0 Å². The van der Waals surface area contributed by atoms with E-state index in [-0.39, 0.29) is 9.26 Å². The van der Waals surface area contributed by atoms with Crippen molar-refractivity contribution in [1.29, 1.82) is 0 Å². The molecule has 0 fully saturated rings.